The van der Waals surface area contributed by atoms with Gasteiger partial charge in [-0.3, -0.25) is 14.4 Å². The van der Waals surface area contributed by atoms with E-state index in [1.165, 1.54) is 5.69 Å². The van der Waals surface area contributed by atoms with Crippen LogP contribution in [-0.4, -0.2) is 40.7 Å². The topological polar surface area (TPSA) is 63.3 Å². The minimum absolute atomic E-state index is 0.0946. The van der Waals surface area contributed by atoms with Gasteiger partial charge < -0.3 is 9.73 Å². The maximum absolute atomic E-state index is 12.1. The molecular weight excluding hydrogens is 292 g/mol. The molecule has 0 fully saturated rings. The van der Waals surface area contributed by atoms with Crippen LogP contribution in [0.4, 0.5) is 0 Å². The van der Waals surface area contributed by atoms with Crippen molar-refractivity contribution in [2.45, 2.75) is 45.3 Å². The Hall–Kier alpha value is -2.08. The molecule has 0 bridgehead atoms. The third-order valence-electron chi connectivity index (χ3n) is 4.67. The summed E-state index contributed by atoms with van der Waals surface area (Å²) in [6.45, 7) is 3.65. The largest absolute Gasteiger partial charge is 0.468 e. The van der Waals surface area contributed by atoms with Crippen molar-refractivity contribution in [1.29, 1.82) is 0 Å². The van der Waals surface area contributed by atoms with Gasteiger partial charge in [0, 0.05) is 30.9 Å². The van der Waals surface area contributed by atoms with Gasteiger partial charge in [-0.25, -0.2) is 0 Å². The molecule has 0 radical (unpaired) electrons. The molecule has 2 heterocycles. The van der Waals surface area contributed by atoms with E-state index in [1.807, 2.05) is 16.8 Å². The number of aromatic nitrogens is 2. The predicted octanol–water partition coefficient (Wildman–Crippen LogP) is 1.84. The summed E-state index contributed by atoms with van der Waals surface area (Å²) in [5.74, 6) is 0.872. The molecule has 6 heteroatoms. The molecule has 23 heavy (non-hydrogen) atoms. The molecule has 124 valence electrons. The van der Waals surface area contributed by atoms with E-state index in [4.69, 9.17) is 4.42 Å². The smallest absolute Gasteiger partial charge is 0.271 e. The first-order valence-corrected chi connectivity index (χ1v) is 8.17. The average Bonchev–Trinajstić information content (AvgIpc) is 3.20. The van der Waals surface area contributed by atoms with Crippen LogP contribution in [0.3, 0.4) is 0 Å². The van der Waals surface area contributed by atoms with Crippen LogP contribution in [0.15, 0.2) is 22.8 Å². The fourth-order valence-corrected chi connectivity index (χ4v) is 3.39. The molecular formula is C17H24N4O2. The number of nitrogens with zero attached hydrogens (tertiary/aromatic N) is 3. The van der Waals surface area contributed by atoms with Gasteiger partial charge in [-0.05, 0) is 45.4 Å². The standard InChI is InChI=1S/C17H24N4O2/c1-4-21-15-8-7-12(20(3)11-13-6-5-9-23-13)10-14(15)16(19-21)17(22)18-2/h5-6,9,12H,4,7-8,10-11H2,1-3H3,(H,18,22). The van der Waals surface area contributed by atoms with Gasteiger partial charge in [-0.15, -0.1) is 0 Å². The number of furan rings is 1. The number of carbonyl (C=O) groups is 1. The molecule has 0 aromatic carbocycles. The molecule has 1 atom stereocenters. The lowest BCUT2D eigenvalue weighted by Gasteiger charge is -2.31. The lowest BCUT2D eigenvalue weighted by molar-refractivity contribution is 0.0955. The summed E-state index contributed by atoms with van der Waals surface area (Å²) in [6, 6.07) is 4.30. The van der Waals surface area contributed by atoms with E-state index in [0.29, 0.717) is 11.7 Å². The summed E-state index contributed by atoms with van der Waals surface area (Å²) in [7, 11) is 3.77. The predicted molar refractivity (Wildman–Crippen MR) is 87.3 cm³/mol. The number of carbonyl (C=O) groups excluding carboxylic acids is 1. The first kappa shape index (κ1) is 15.8. The highest BCUT2D eigenvalue weighted by Gasteiger charge is 2.30. The Kier molecular flexibility index (Phi) is 4.52. The van der Waals surface area contributed by atoms with E-state index in [1.54, 1.807) is 13.3 Å². The number of fused-ring (bicyclic) bond motifs is 1. The summed E-state index contributed by atoms with van der Waals surface area (Å²) in [4.78, 5) is 14.4. The van der Waals surface area contributed by atoms with Crippen LogP contribution in [0.5, 0.6) is 0 Å². The summed E-state index contributed by atoms with van der Waals surface area (Å²) >= 11 is 0. The third kappa shape index (κ3) is 3.03. The highest BCUT2D eigenvalue weighted by molar-refractivity contribution is 5.93. The third-order valence-corrected chi connectivity index (χ3v) is 4.67. The highest BCUT2D eigenvalue weighted by atomic mass is 16.3. The number of amides is 1. The molecule has 3 rings (SSSR count). The van der Waals surface area contributed by atoms with Crippen molar-refractivity contribution >= 4 is 5.91 Å². The van der Waals surface area contributed by atoms with Crippen molar-refractivity contribution in [2.24, 2.45) is 0 Å². The van der Waals surface area contributed by atoms with Gasteiger partial charge in [0.25, 0.3) is 5.91 Å². The maximum atomic E-state index is 12.1. The SMILES string of the molecule is CCn1nc(C(=O)NC)c2c1CCC(N(C)Cc1ccco1)C2. The molecule has 1 N–H and O–H groups in total. The molecule has 0 saturated heterocycles. The molecule has 1 aliphatic carbocycles. The van der Waals surface area contributed by atoms with Gasteiger partial charge in [0.15, 0.2) is 5.69 Å². The van der Waals surface area contributed by atoms with E-state index >= 15 is 0 Å². The number of nitrogens with one attached hydrogen (secondary N) is 1. The van der Waals surface area contributed by atoms with Crippen LogP contribution in [0.2, 0.25) is 0 Å². The quantitative estimate of drug-likeness (QED) is 0.914. The molecule has 0 spiro atoms. The Labute approximate surface area is 136 Å². The second kappa shape index (κ2) is 6.58. The van der Waals surface area contributed by atoms with Crippen molar-refractivity contribution < 1.29 is 9.21 Å². The van der Waals surface area contributed by atoms with Gasteiger partial charge in [-0.1, -0.05) is 0 Å². The second-order valence-corrected chi connectivity index (χ2v) is 6.06. The van der Waals surface area contributed by atoms with E-state index < -0.39 is 0 Å². The molecule has 2 aromatic heterocycles. The minimum Gasteiger partial charge on any atom is -0.468 e. The fourth-order valence-electron chi connectivity index (χ4n) is 3.39. The lowest BCUT2D eigenvalue weighted by atomic mass is 9.90. The number of hydrogen-bond acceptors (Lipinski definition) is 4. The van der Waals surface area contributed by atoms with Gasteiger partial charge >= 0.3 is 0 Å². The Balaban J connectivity index is 1.81. The van der Waals surface area contributed by atoms with Gasteiger partial charge in [0.1, 0.15) is 5.76 Å². The summed E-state index contributed by atoms with van der Waals surface area (Å²) in [5, 5.41) is 7.22. The van der Waals surface area contributed by atoms with Crippen LogP contribution in [0.25, 0.3) is 0 Å². The van der Waals surface area contributed by atoms with Crippen LogP contribution in [0.1, 0.15) is 40.9 Å². The second-order valence-electron chi connectivity index (χ2n) is 6.06. The maximum Gasteiger partial charge on any atom is 0.271 e. The van der Waals surface area contributed by atoms with Gasteiger partial charge in [-0.2, -0.15) is 5.10 Å². The van der Waals surface area contributed by atoms with Gasteiger partial charge in [0.05, 0.1) is 12.8 Å². The molecule has 6 nitrogen and oxygen atoms in total. The molecule has 2 aromatic rings. The summed E-state index contributed by atoms with van der Waals surface area (Å²) in [5.41, 5.74) is 2.91. The zero-order valence-corrected chi connectivity index (χ0v) is 14.0. The molecule has 0 aliphatic heterocycles. The summed E-state index contributed by atoms with van der Waals surface area (Å²) < 4.78 is 7.42. The van der Waals surface area contributed by atoms with E-state index in [9.17, 15) is 4.79 Å². The Bertz CT molecular complexity index is 675. The number of aryl methyl sites for hydroxylation is 1. The lowest BCUT2D eigenvalue weighted by Crippen LogP contribution is -2.36. The Morgan fingerprint density at radius 1 is 1.57 bits per heavy atom. The van der Waals surface area contributed by atoms with Crippen LogP contribution in [0, 0.1) is 0 Å². The fraction of sp³-hybridized carbons (Fsp3) is 0.529. The van der Waals surface area contributed by atoms with E-state index in [-0.39, 0.29) is 5.91 Å². The van der Waals surface area contributed by atoms with E-state index in [2.05, 4.69) is 29.3 Å². The van der Waals surface area contributed by atoms with Crippen LogP contribution < -0.4 is 5.32 Å². The molecule has 0 saturated carbocycles. The monoisotopic (exact) mass is 316 g/mol. The zero-order valence-electron chi connectivity index (χ0n) is 14.0. The summed E-state index contributed by atoms with van der Waals surface area (Å²) in [6.07, 6.45) is 4.59. The number of hydrogen-bond donors (Lipinski definition) is 1. The Morgan fingerprint density at radius 2 is 2.39 bits per heavy atom. The van der Waals surface area contributed by atoms with Crippen molar-refractivity contribution in [3.05, 3.63) is 41.1 Å². The molecule has 1 unspecified atom stereocenters. The highest BCUT2D eigenvalue weighted by Crippen LogP contribution is 2.28. The zero-order chi connectivity index (χ0) is 16.4. The van der Waals surface area contributed by atoms with Crippen molar-refractivity contribution in [3.63, 3.8) is 0 Å². The normalized spacial score (nSPS) is 17.3. The van der Waals surface area contributed by atoms with Gasteiger partial charge in [0.2, 0.25) is 0 Å². The first-order chi connectivity index (χ1) is 11.1. The number of rotatable bonds is 5. The van der Waals surface area contributed by atoms with Crippen molar-refractivity contribution in [1.82, 2.24) is 20.0 Å². The van der Waals surface area contributed by atoms with Crippen molar-refractivity contribution in [3.8, 4) is 0 Å². The Morgan fingerprint density at radius 3 is 3.04 bits per heavy atom. The molecule has 1 amide bonds. The molecule has 1 aliphatic rings. The van der Waals surface area contributed by atoms with E-state index in [0.717, 1.165) is 43.7 Å². The van der Waals surface area contributed by atoms with Crippen molar-refractivity contribution in [2.75, 3.05) is 14.1 Å². The first-order valence-electron chi connectivity index (χ1n) is 8.17. The number of likely N-dealkylation sites (N-methyl/N-ethyl adjacent to an activating group) is 1. The van der Waals surface area contributed by atoms with Crippen LogP contribution in [-0.2, 0) is 25.9 Å². The average molecular weight is 316 g/mol. The van der Waals surface area contributed by atoms with Crippen LogP contribution >= 0.6 is 0 Å². The minimum atomic E-state index is -0.0946.